The van der Waals surface area contributed by atoms with Gasteiger partial charge in [0.15, 0.2) is 5.15 Å². The molecule has 0 saturated carbocycles. The number of aryl methyl sites for hydroxylation is 1. The number of nitrogens with zero attached hydrogens (tertiary/aromatic N) is 5. The Morgan fingerprint density at radius 2 is 1.76 bits per heavy atom. The molecule has 0 saturated heterocycles. The third kappa shape index (κ3) is 3.87. The van der Waals surface area contributed by atoms with Gasteiger partial charge < -0.3 is 4.74 Å². The molecule has 10 heteroatoms. The molecule has 0 aliphatic rings. The Morgan fingerprint density at radius 3 is 2.36 bits per heavy atom. The molecule has 0 aliphatic carbocycles. The van der Waals surface area contributed by atoms with Gasteiger partial charge in [0.2, 0.25) is 5.88 Å². The highest BCUT2D eigenvalue weighted by Crippen LogP contribution is 2.29. The van der Waals surface area contributed by atoms with Crippen molar-refractivity contribution in [3.8, 4) is 11.6 Å². The van der Waals surface area contributed by atoms with Gasteiger partial charge in [-0.3, -0.25) is 0 Å². The van der Waals surface area contributed by atoms with E-state index in [-0.39, 0.29) is 17.6 Å². The maximum Gasteiger partial charge on any atom is 0.416 e. The summed E-state index contributed by atoms with van der Waals surface area (Å²) in [7, 11) is 0. The Morgan fingerprint density at radius 1 is 1.04 bits per heavy atom. The van der Waals surface area contributed by atoms with Gasteiger partial charge >= 0.3 is 6.18 Å². The molecule has 130 valence electrons. The molecule has 0 N–H and O–H groups in total. The molecule has 2 heterocycles. The van der Waals surface area contributed by atoms with Crippen LogP contribution in [0.2, 0.25) is 5.15 Å². The van der Waals surface area contributed by atoms with E-state index < -0.39 is 11.7 Å². The maximum atomic E-state index is 12.7. The van der Waals surface area contributed by atoms with Crippen LogP contribution in [0, 0.1) is 6.92 Å². The number of hydrogen-bond acceptors (Lipinski definition) is 5. The average molecular weight is 370 g/mol. The van der Waals surface area contributed by atoms with Crippen LogP contribution < -0.4 is 4.74 Å². The Labute approximate surface area is 145 Å². The van der Waals surface area contributed by atoms with Crippen molar-refractivity contribution in [2.24, 2.45) is 0 Å². The van der Waals surface area contributed by atoms with Crippen molar-refractivity contribution in [3.63, 3.8) is 0 Å². The topological polar surface area (TPSA) is 65.7 Å². The Kier molecular flexibility index (Phi) is 4.58. The lowest BCUT2D eigenvalue weighted by Gasteiger charge is -2.10. The van der Waals surface area contributed by atoms with E-state index in [2.05, 4.69) is 20.5 Å². The van der Waals surface area contributed by atoms with Crippen LogP contribution in [0.5, 0.6) is 5.88 Å². The average Bonchev–Trinajstić information content (AvgIpc) is 2.94. The second-order valence-corrected chi connectivity index (χ2v) is 5.45. The highest BCUT2D eigenvalue weighted by Gasteiger charge is 2.30. The van der Waals surface area contributed by atoms with Crippen LogP contribution in [0.15, 0.2) is 36.4 Å². The first-order chi connectivity index (χ1) is 11.8. The van der Waals surface area contributed by atoms with E-state index in [0.717, 1.165) is 12.1 Å². The summed E-state index contributed by atoms with van der Waals surface area (Å²) in [4.78, 5) is 0. The van der Waals surface area contributed by atoms with Crippen LogP contribution in [0.25, 0.3) is 5.69 Å². The zero-order valence-corrected chi connectivity index (χ0v) is 13.6. The number of aromatic nitrogens is 5. The summed E-state index contributed by atoms with van der Waals surface area (Å²) in [5.41, 5.74) is 0.870. The number of benzene rings is 1. The van der Waals surface area contributed by atoms with Crippen LogP contribution in [0.3, 0.4) is 0 Å². The van der Waals surface area contributed by atoms with Crippen LogP contribution in [0.4, 0.5) is 13.2 Å². The van der Waals surface area contributed by atoms with Crippen molar-refractivity contribution >= 4 is 11.6 Å². The fourth-order valence-electron chi connectivity index (χ4n) is 2.06. The zero-order valence-electron chi connectivity index (χ0n) is 12.8. The van der Waals surface area contributed by atoms with E-state index in [9.17, 15) is 13.2 Å². The molecule has 0 atom stereocenters. The van der Waals surface area contributed by atoms with E-state index in [1.54, 1.807) is 13.0 Å². The normalized spacial score (nSPS) is 11.6. The number of ether oxygens (including phenoxy) is 1. The van der Waals surface area contributed by atoms with Crippen molar-refractivity contribution in [1.82, 2.24) is 25.2 Å². The Hall–Kier alpha value is -2.68. The lowest BCUT2D eigenvalue weighted by atomic mass is 10.2. The molecule has 0 unspecified atom stereocenters. The number of halogens is 4. The van der Waals surface area contributed by atoms with Crippen molar-refractivity contribution in [2.75, 3.05) is 0 Å². The Balaban J connectivity index is 1.82. The minimum atomic E-state index is -4.39. The minimum Gasteiger partial charge on any atom is -0.470 e. The standard InChI is InChI=1S/C15H11ClF3N5O/c1-9-12(8-25-14-7-6-13(16)21-22-14)24(23-20-9)11-4-2-10(3-5-11)15(17,18)19/h2-7H,8H2,1H3. The van der Waals surface area contributed by atoms with Crippen LogP contribution in [0.1, 0.15) is 17.0 Å². The maximum absolute atomic E-state index is 12.7. The molecule has 0 radical (unpaired) electrons. The summed E-state index contributed by atoms with van der Waals surface area (Å²) in [6.07, 6.45) is -4.39. The summed E-state index contributed by atoms with van der Waals surface area (Å²) in [5.74, 6) is 0.254. The van der Waals surface area contributed by atoms with Crippen LogP contribution >= 0.6 is 11.6 Å². The predicted octanol–water partition coefficient (Wildman–Crippen LogP) is 3.62. The quantitative estimate of drug-likeness (QED) is 0.702. The third-order valence-electron chi connectivity index (χ3n) is 3.36. The lowest BCUT2D eigenvalue weighted by molar-refractivity contribution is -0.137. The van der Waals surface area contributed by atoms with Gasteiger partial charge in [0, 0.05) is 6.07 Å². The largest absolute Gasteiger partial charge is 0.470 e. The molecular formula is C15H11ClF3N5O. The van der Waals surface area contributed by atoms with Gasteiger partial charge in [0.05, 0.1) is 16.9 Å². The van der Waals surface area contributed by atoms with E-state index in [1.807, 2.05) is 0 Å². The van der Waals surface area contributed by atoms with Crippen molar-refractivity contribution in [2.45, 2.75) is 19.7 Å². The minimum absolute atomic E-state index is 0.0656. The SMILES string of the molecule is Cc1nnn(-c2ccc(C(F)(F)F)cc2)c1COc1ccc(Cl)nn1. The lowest BCUT2D eigenvalue weighted by Crippen LogP contribution is -2.09. The molecule has 2 aromatic heterocycles. The van der Waals surface area contributed by atoms with Gasteiger partial charge in [0.25, 0.3) is 0 Å². The molecular weight excluding hydrogens is 359 g/mol. The summed E-state index contributed by atoms with van der Waals surface area (Å²) in [6.45, 7) is 1.79. The van der Waals surface area contributed by atoms with E-state index in [1.165, 1.54) is 22.9 Å². The van der Waals surface area contributed by atoms with Crippen LogP contribution in [-0.4, -0.2) is 25.2 Å². The molecule has 3 aromatic rings. The summed E-state index contributed by atoms with van der Waals surface area (Å²) < 4.78 is 44.9. The zero-order chi connectivity index (χ0) is 18.0. The predicted molar refractivity (Wildman–Crippen MR) is 82.5 cm³/mol. The Bertz CT molecular complexity index is 862. The van der Waals surface area contributed by atoms with E-state index >= 15 is 0 Å². The second kappa shape index (κ2) is 6.67. The molecule has 0 aliphatic heterocycles. The van der Waals surface area contributed by atoms with Crippen molar-refractivity contribution < 1.29 is 17.9 Å². The third-order valence-corrected chi connectivity index (χ3v) is 3.56. The fraction of sp³-hybridized carbons (Fsp3) is 0.200. The highest BCUT2D eigenvalue weighted by molar-refractivity contribution is 6.29. The highest BCUT2D eigenvalue weighted by atomic mass is 35.5. The molecule has 25 heavy (non-hydrogen) atoms. The molecule has 0 fully saturated rings. The first-order valence-corrected chi connectivity index (χ1v) is 7.43. The van der Waals surface area contributed by atoms with Crippen molar-refractivity contribution in [1.29, 1.82) is 0 Å². The monoisotopic (exact) mass is 369 g/mol. The van der Waals surface area contributed by atoms with Crippen LogP contribution in [-0.2, 0) is 12.8 Å². The van der Waals surface area contributed by atoms with Gasteiger partial charge in [-0.15, -0.1) is 15.3 Å². The van der Waals surface area contributed by atoms with Crippen molar-refractivity contribution in [3.05, 3.63) is 58.5 Å². The molecule has 0 bridgehead atoms. The first-order valence-electron chi connectivity index (χ1n) is 7.05. The molecule has 1 aromatic carbocycles. The van der Waals surface area contributed by atoms with E-state index in [4.69, 9.17) is 16.3 Å². The summed E-state index contributed by atoms with van der Waals surface area (Å²) in [5, 5.41) is 15.6. The second-order valence-electron chi connectivity index (χ2n) is 5.06. The summed E-state index contributed by atoms with van der Waals surface area (Å²) in [6, 6.07) is 7.70. The number of hydrogen-bond donors (Lipinski definition) is 0. The van der Waals surface area contributed by atoms with Gasteiger partial charge in [-0.2, -0.15) is 13.2 Å². The fourth-order valence-corrected chi connectivity index (χ4v) is 2.17. The number of rotatable bonds is 4. The summed E-state index contributed by atoms with van der Waals surface area (Å²) >= 11 is 5.65. The molecule has 3 rings (SSSR count). The smallest absolute Gasteiger partial charge is 0.416 e. The van der Waals surface area contributed by atoms with E-state index in [0.29, 0.717) is 17.1 Å². The van der Waals surface area contributed by atoms with Gasteiger partial charge in [-0.25, -0.2) is 4.68 Å². The van der Waals surface area contributed by atoms with Gasteiger partial charge in [-0.1, -0.05) is 16.8 Å². The van der Waals surface area contributed by atoms with Gasteiger partial charge in [-0.05, 0) is 37.3 Å². The number of alkyl halides is 3. The molecule has 0 amide bonds. The first kappa shape index (κ1) is 17.2. The van der Waals surface area contributed by atoms with Gasteiger partial charge in [0.1, 0.15) is 12.3 Å². The molecule has 0 spiro atoms. The molecule has 6 nitrogen and oxygen atoms in total.